The molecule has 1 saturated carbocycles. The van der Waals surface area contributed by atoms with Crippen molar-refractivity contribution in [2.24, 2.45) is 0 Å². The summed E-state index contributed by atoms with van der Waals surface area (Å²) in [7, 11) is 0. The second-order valence-corrected chi connectivity index (χ2v) is 11.8. The van der Waals surface area contributed by atoms with E-state index < -0.39 is 19.7 Å². The van der Waals surface area contributed by atoms with E-state index in [1.165, 1.54) is 24.3 Å². The van der Waals surface area contributed by atoms with Crippen LogP contribution >= 0.6 is 0 Å². The van der Waals surface area contributed by atoms with Gasteiger partial charge in [0.2, 0.25) is 0 Å². The fourth-order valence-electron chi connectivity index (χ4n) is 6.69. The Hall–Kier alpha value is -5.60. The van der Waals surface area contributed by atoms with Gasteiger partial charge in [-0.15, -0.1) is 0 Å². The lowest BCUT2D eigenvalue weighted by Crippen LogP contribution is -2.52. The number of rotatable bonds is 14. The van der Waals surface area contributed by atoms with Crippen molar-refractivity contribution in [2.75, 3.05) is 0 Å². The fourth-order valence-corrected chi connectivity index (χ4v) is 6.69. The van der Waals surface area contributed by atoms with E-state index in [2.05, 4.69) is 0 Å². The van der Waals surface area contributed by atoms with Crippen molar-refractivity contribution in [1.82, 2.24) is 9.80 Å². The van der Waals surface area contributed by atoms with Crippen molar-refractivity contribution < 1.29 is 19.7 Å². The monoisotopic (exact) mass is 654 g/mol. The molecule has 1 fully saturated rings. The van der Waals surface area contributed by atoms with E-state index >= 15 is 0 Å². The van der Waals surface area contributed by atoms with Gasteiger partial charge < -0.3 is 0 Å². The SMILES string of the molecule is O=[N+]([O-])c1ccccc1CN(Cc1ccccc1[N+](=O)[O-])[C@@H]1CCCC[C@H]1N(Cc1ccccc1[N+](=O)[O-])Cc1ccccc1[N+](=O)[O-]. The van der Waals surface area contributed by atoms with Crippen molar-refractivity contribution in [3.05, 3.63) is 160 Å². The van der Waals surface area contributed by atoms with Gasteiger partial charge in [-0.25, -0.2) is 0 Å². The van der Waals surface area contributed by atoms with Crippen molar-refractivity contribution in [3.63, 3.8) is 0 Å². The molecule has 4 aromatic rings. The summed E-state index contributed by atoms with van der Waals surface area (Å²) in [6.07, 6.45) is 2.90. The van der Waals surface area contributed by atoms with Gasteiger partial charge in [-0.2, -0.15) is 0 Å². The summed E-state index contributed by atoms with van der Waals surface area (Å²) in [5.41, 5.74) is 1.46. The highest BCUT2D eigenvalue weighted by Crippen LogP contribution is 2.35. The van der Waals surface area contributed by atoms with Crippen LogP contribution in [0.25, 0.3) is 0 Å². The fraction of sp³-hybridized carbons (Fsp3) is 0.294. The third kappa shape index (κ3) is 7.85. The molecule has 248 valence electrons. The molecular formula is C34H34N6O8. The molecule has 1 aliphatic rings. The molecule has 1 aliphatic carbocycles. The summed E-state index contributed by atoms with van der Waals surface area (Å²) < 4.78 is 0. The average molecular weight is 655 g/mol. The number of para-hydroxylation sites is 4. The Labute approximate surface area is 275 Å². The van der Waals surface area contributed by atoms with E-state index in [1.807, 2.05) is 9.80 Å². The van der Waals surface area contributed by atoms with Gasteiger partial charge in [0.15, 0.2) is 0 Å². The minimum atomic E-state index is -0.452. The predicted octanol–water partition coefficient (Wildman–Crippen LogP) is 7.34. The molecule has 0 amide bonds. The molecule has 14 heteroatoms. The molecular weight excluding hydrogens is 620 g/mol. The number of nitro benzene ring substituents is 4. The summed E-state index contributed by atoms with van der Waals surface area (Å²) in [6, 6.07) is 24.9. The second kappa shape index (κ2) is 15.3. The van der Waals surface area contributed by atoms with E-state index in [4.69, 9.17) is 0 Å². The largest absolute Gasteiger partial charge is 0.290 e. The van der Waals surface area contributed by atoms with Crippen LogP contribution in [0.5, 0.6) is 0 Å². The zero-order chi connectivity index (χ0) is 34.2. The third-order valence-electron chi connectivity index (χ3n) is 8.88. The maximum atomic E-state index is 12.0. The Morgan fingerprint density at radius 1 is 0.438 bits per heavy atom. The van der Waals surface area contributed by atoms with Crippen molar-refractivity contribution in [3.8, 4) is 0 Å². The maximum Gasteiger partial charge on any atom is 0.273 e. The molecule has 0 radical (unpaired) electrons. The first-order valence-electron chi connectivity index (χ1n) is 15.5. The molecule has 14 nitrogen and oxygen atoms in total. The van der Waals surface area contributed by atoms with Gasteiger partial charge in [0.25, 0.3) is 22.7 Å². The molecule has 0 N–H and O–H groups in total. The number of hydrogen-bond donors (Lipinski definition) is 0. The number of nitrogens with zero attached hydrogens (tertiary/aromatic N) is 6. The Kier molecular flexibility index (Phi) is 10.8. The van der Waals surface area contributed by atoms with E-state index in [0.29, 0.717) is 35.1 Å². The molecule has 4 aromatic carbocycles. The summed E-state index contributed by atoms with van der Waals surface area (Å²) in [4.78, 5) is 50.3. The molecule has 0 spiro atoms. The first-order valence-corrected chi connectivity index (χ1v) is 15.5. The van der Waals surface area contributed by atoms with Gasteiger partial charge in [-0.1, -0.05) is 85.6 Å². The number of hydrogen-bond acceptors (Lipinski definition) is 10. The van der Waals surface area contributed by atoms with Crippen LogP contribution in [0.3, 0.4) is 0 Å². The lowest BCUT2D eigenvalue weighted by molar-refractivity contribution is -0.386. The summed E-state index contributed by atoms with van der Waals surface area (Å²) in [5, 5.41) is 48.1. The topological polar surface area (TPSA) is 179 Å². The predicted molar refractivity (Wildman–Crippen MR) is 177 cm³/mol. The lowest BCUT2D eigenvalue weighted by Gasteiger charge is -2.45. The highest BCUT2D eigenvalue weighted by molar-refractivity contribution is 5.43. The molecule has 0 heterocycles. The van der Waals surface area contributed by atoms with Crippen LogP contribution in [0.15, 0.2) is 97.1 Å². The van der Waals surface area contributed by atoms with Gasteiger partial charge in [0.1, 0.15) is 0 Å². The molecule has 0 bridgehead atoms. The van der Waals surface area contributed by atoms with E-state index in [0.717, 1.165) is 12.8 Å². The van der Waals surface area contributed by atoms with Gasteiger partial charge in [0.05, 0.1) is 19.7 Å². The molecule has 0 unspecified atom stereocenters. The summed E-state index contributed by atoms with van der Waals surface area (Å²) in [5.74, 6) is 0. The maximum absolute atomic E-state index is 12.0. The van der Waals surface area contributed by atoms with Gasteiger partial charge >= 0.3 is 0 Å². The van der Waals surface area contributed by atoms with E-state index in [1.54, 1.807) is 72.8 Å². The van der Waals surface area contributed by atoms with Crippen LogP contribution in [0, 0.1) is 40.5 Å². The van der Waals surface area contributed by atoms with Crippen LogP contribution in [0.1, 0.15) is 47.9 Å². The molecule has 0 aliphatic heterocycles. The van der Waals surface area contributed by atoms with Gasteiger partial charge in [-0.05, 0) is 12.8 Å². The Bertz CT molecular complexity index is 1570. The average Bonchev–Trinajstić information content (AvgIpc) is 3.08. The minimum absolute atomic E-state index is 0.0749. The second-order valence-electron chi connectivity index (χ2n) is 11.8. The quantitative estimate of drug-likeness (QED) is 0.0986. The highest BCUT2D eigenvalue weighted by atomic mass is 16.6. The van der Waals surface area contributed by atoms with Crippen LogP contribution in [0.4, 0.5) is 22.7 Å². The highest BCUT2D eigenvalue weighted by Gasteiger charge is 2.37. The van der Waals surface area contributed by atoms with Crippen molar-refractivity contribution in [2.45, 2.75) is 63.9 Å². The minimum Gasteiger partial charge on any atom is -0.290 e. The Morgan fingerprint density at radius 2 is 0.667 bits per heavy atom. The molecule has 0 saturated heterocycles. The number of nitro groups is 4. The van der Waals surface area contributed by atoms with Gasteiger partial charge in [-0.3, -0.25) is 50.3 Å². The summed E-state index contributed by atoms with van der Waals surface area (Å²) in [6.45, 7) is 0.425. The molecule has 5 rings (SSSR count). The van der Waals surface area contributed by atoms with Crippen molar-refractivity contribution in [1.29, 1.82) is 0 Å². The number of benzene rings is 4. The van der Waals surface area contributed by atoms with Crippen LogP contribution in [-0.4, -0.2) is 41.6 Å². The zero-order valence-corrected chi connectivity index (χ0v) is 26.0. The smallest absolute Gasteiger partial charge is 0.273 e. The zero-order valence-electron chi connectivity index (χ0n) is 26.0. The van der Waals surface area contributed by atoms with Crippen molar-refractivity contribution >= 4 is 22.7 Å². The first kappa shape index (κ1) is 33.8. The molecule has 0 aromatic heterocycles. The van der Waals surface area contributed by atoms with E-state index in [-0.39, 0.29) is 61.0 Å². The van der Waals surface area contributed by atoms with Crippen LogP contribution in [0.2, 0.25) is 0 Å². The lowest BCUT2D eigenvalue weighted by atomic mass is 9.86. The third-order valence-corrected chi connectivity index (χ3v) is 8.88. The standard InChI is InChI=1S/C34H34N6O8/c41-37(42)29-15-5-1-11-25(29)21-35(22-26-12-2-6-16-30(26)38(43)44)33-19-9-10-20-34(33)36(23-27-13-3-7-17-31(27)39(45)46)24-28-14-4-8-18-32(28)40(47)48/h1-8,11-18,33-34H,9-10,19-24H2/t33-,34-/m1/s1. The molecule has 48 heavy (non-hydrogen) atoms. The Morgan fingerprint density at radius 3 is 0.896 bits per heavy atom. The normalized spacial score (nSPS) is 16.1. The molecule has 2 atom stereocenters. The van der Waals surface area contributed by atoms with E-state index in [9.17, 15) is 40.5 Å². The first-order chi connectivity index (χ1) is 23.1. The Balaban J connectivity index is 1.61. The van der Waals surface area contributed by atoms with Crippen LogP contribution < -0.4 is 0 Å². The van der Waals surface area contributed by atoms with Crippen LogP contribution in [-0.2, 0) is 26.2 Å². The summed E-state index contributed by atoms with van der Waals surface area (Å²) >= 11 is 0. The van der Waals surface area contributed by atoms with Gasteiger partial charge in [0, 0.05) is 84.8 Å².